The highest BCUT2D eigenvalue weighted by atomic mass is 35.5. The molecule has 0 radical (unpaired) electrons. The van der Waals surface area contributed by atoms with Crippen molar-refractivity contribution in [1.82, 2.24) is 5.32 Å². The Morgan fingerprint density at radius 3 is 2.80 bits per heavy atom. The lowest BCUT2D eigenvalue weighted by molar-refractivity contribution is 0.403. The summed E-state index contributed by atoms with van der Waals surface area (Å²) in [6, 6.07) is 6.18. The quantitative estimate of drug-likeness (QED) is 0.790. The normalized spacial score (nSPS) is 17.4. The maximum atomic E-state index is 6.16. The average molecular weight is 314 g/mol. The minimum Gasteiger partial charge on any atom is -0.496 e. The highest BCUT2D eigenvalue weighted by Crippen LogP contribution is 2.35. The molecular weight excluding hydrogens is 290 g/mol. The van der Waals surface area contributed by atoms with E-state index in [1.807, 2.05) is 18.2 Å². The summed E-state index contributed by atoms with van der Waals surface area (Å²) < 4.78 is 5.49. The van der Waals surface area contributed by atoms with Crippen LogP contribution in [0.4, 0.5) is 0 Å². The molecule has 20 heavy (non-hydrogen) atoms. The van der Waals surface area contributed by atoms with E-state index in [2.05, 4.69) is 24.0 Å². The fourth-order valence-electron chi connectivity index (χ4n) is 2.77. The predicted octanol–water partition coefficient (Wildman–Crippen LogP) is 4.68. The summed E-state index contributed by atoms with van der Waals surface area (Å²) >= 11 is 8.25. The van der Waals surface area contributed by atoms with Crippen LogP contribution in [-0.4, -0.2) is 24.7 Å². The largest absolute Gasteiger partial charge is 0.496 e. The molecule has 1 aliphatic rings. The predicted molar refractivity (Wildman–Crippen MR) is 89.1 cm³/mol. The van der Waals surface area contributed by atoms with E-state index in [9.17, 15) is 0 Å². The number of methoxy groups -OCH3 is 1. The van der Waals surface area contributed by atoms with Gasteiger partial charge in [-0.1, -0.05) is 31.4 Å². The molecule has 0 aliphatic heterocycles. The van der Waals surface area contributed by atoms with Gasteiger partial charge in [-0.05, 0) is 37.6 Å². The lowest BCUT2D eigenvalue weighted by Crippen LogP contribution is -2.24. The lowest BCUT2D eigenvalue weighted by atomic mass is 10.1. The number of nitrogens with one attached hydrogen (secondary N) is 1. The third-order valence-electron chi connectivity index (χ3n) is 3.82. The van der Waals surface area contributed by atoms with Crippen molar-refractivity contribution in [3.8, 4) is 5.75 Å². The summed E-state index contributed by atoms with van der Waals surface area (Å²) in [5, 5.41) is 5.17. The van der Waals surface area contributed by atoms with E-state index in [1.165, 1.54) is 31.2 Å². The fourth-order valence-corrected chi connectivity index (χ4v) is 4.38. The van der Waals surface area contributed by atoms with E-state index in [1.54, 1.807) is 7.11 Å². The highest BCUT2D eigenvalue weighted by molar-refractivity contribution is 7.99. The Morgan fingerprint density at radius 2 is 2.15 bits per heavy atom. The molecule has 4 heteroatoms. The first-order valence-electron chi connectivity index (χ1n) is 7.43. The number of ether oxygens (including phenoxy) is 1. The van der Waals surface area contributed by atoms with Crippen LogP contribution >= 0.6 is 23.4 Å². The molecule has 0 saturated heterocycles. The maximum absolute atomic E-state index is 6.16. The monoisotopic (exact) mass is 313 g/mol. The third kappa shape index (κ3) is 4.31. The highest BCUT2D eigenvalue weighted by Gasteiger charge is 2.20. The van der Waals surface area contributed by atoms with Gasteiger partial charge in [0, 0.05) is 27.6 Å². The molecule has 1 aromatic carbocycles. The van der Waals surface area contributed by atoms with Gasteiger partial charge >= 0.3 is 0 Å². The molecular formula is C16H24ClNOS. The molecule has 0 heterocycles. The fraction of sp³-hybridized carbons (Fsp3) is 0.625. The second-order valence-electron chi connectivity index (χ2n) is 5.24. The molecule has 2 nitrogen and oxygen atoms in total. The van der Waals surface area contributed by atoms with Crippen molar-refractivity contribution in [2.45, 2.75) is 43.9 Å². The van der Waals surface area contributed by atoms with E-state index >= 15 is 0 Å². The van der Waals surface area contributed by atoms with Gasteiger partial charge in [0.2, 0.25) is 0 Å². The van der Waals surface area contributed by atoms with E-state index in [-0.39, 0.29) is 0 Å². The molecule has 1 atom stereocenters. The van der Waals surface area contributed by atoms with Crippen molar-refractivity contribution in [2.24, 2.45) is 0 Å². The molecule has 0 bridgehead atoms. The second kappa shape index (κ2) is 8.16. The molecule has 1 N–H and O–H groups in total. The van der Waals surface area contributed by atoms with Gasteiger partial charge in [0.15, 0.2) is 0 Å². The van der Waals surface area contributed by atoms with Crippen molar-refractivity contribution in [1.29, 1.82) is 0 Å². The number of thioether (sulfide) groups is 1. The Bertz CT molecular complexity index is 421. The topological polar surface area (TPSA) is 21.3 Å². The van der Waals surface area contributed by atoms with Gasteiger partial charge in [0.05, 0.1) is 7.11 Å². The molecule has 0 spiro atoms. The molecule has 2 rings (SSSR count). The van der Waals surface area contributed by atoms with E-state index in [0.29, 0.717) is 6.04 Å². The van der Waals surface area contributed by atoms with E-state index in [0.717, 1.165) is 28.3 Å². The van der Waals surface area contributed by atoms with Crippen molar-refractivity contribution < 1.29 is 4.74 Å². The first-order chi connectivity index (χ1) is 9.74. The third-order valence-corrected chi connectivity index (χ3v) is 5.52. The zero-order chi connectivity index (χ0) is 14.4. The SMILES string of the molecule is CCNC(CSC1CCCC1)c1cc(Cl)ccc1OC. The smallest absolute Gasteiger partial charge is 0.123 e. The Hall–Kier alpha value is -0.380. The van der Waals surface area contributed by atoms with Gasteiger partial charge in [0.25, 0.3) is 0 Å². The maximum Gasteiger partial charge on any atom is 0.123 e. The molecule has 1 unspecified atom stereocenters. The van der Waals surface area contributed by atoms with Crippen LogP contribution in [0.1, 0.15) is 44.2 Å². The van der Waals surface area contributed by atoms with Crippen LogP contribution in [0, 0.1) is 0 Å². The molecule has 0 amide bonds. The van der Waals surface area contributed by atoms with Crippen molar-refractivity contribution in [3.63, 3.8) is 0 Å². The average Bonchev–Trinajstić information content (AvgIpc) is 2.96. The van der Waals surface area contributed by atoms with Gasteiger partial charge in [0.1, 0.15) is 5.75 Å². The minimum absolute atomic E-state index is 0.305. The number of benzene rings is 1. The summed E-state index contributed by atoms with van der Waals surface area (Å²) in [6.45, 7) is 3.09. The molecule has 112 valence electrons. The number of hydrogen-bond acceptors (Lipinski definition) is 3. The van der Waals surface area contributed by atoms with Crippen molar-refractivity contribution in [3.05, 3.63) is 28.8 Å². The summed E-state index contributed by atoms with van der Waals surface area (Å²) in [7, 11) is 1.72. The summed E-state index contributed by atoms with van der Waals surface area (Å²) in [5.41, 5.74) is 1.17. The molecule has 1 aliphatic carbocycles. The minimum atomic E-state index is 0.305. The van der Waals surface area contributed by atoms with Crippen LogP contribution in [-0.2, 0) is 0 Å². The van der Waals surface area contributed by atoms with Crippen LogP contribution in [0.2, 0.25) is 5.02 Å². The molecule has 1 fully saturated rings. The van der Waals surface area contributed by atoms with Gasteiger partial charge in [-0.3, -0.25) is 0 Å². The second-order valence-corrected chi connectivity index (χ2v) is 7.01. The Morgan fingerprint density at radius 1 is 1.40 bits per heavy atom. The van der Waals surface area contributed by atoms with Crippen LogP contribution in [0.15, 0.2) is 18.2 Å². The van der Waals surface area contributed by atoms with Gasteiger partial charge in [-0.25, -0.2) is 0 Å². The Labute approximate surface area is 131 Å². The van der Waals surface area contributed by atoms with Crippen LogP contribution in [0.5, 0.6) is 5.75 Å². The summed E-state index contributed by atoms with van der Waals surface area (Å²) in [5.74, 6) is 2.00. The lowest BCUT2D eigenvalue weighted by Gasteiger charge is -2.22. The number of hydrogen-bond donors (Lipinski definition) is 1. The first-order valence-corrected chi connectivity index (χ1v) is 8.85. The van der Waals surface area contributed by atoms with Crippen LogP contribution < -0.4 is 10.1 Å². The standard InChI is InChI=1S/C16H24ClNOS/c1-3-18-15(11-20-13-6-4-5-7-13)14-10-12(17)8-9-16(14)19-2/h8-10,13,15,18H,3-7,11H2,1-2H3. The van der Waals surface area contributed by atoms with Gasteiger partial charge < -0.3 is 10.1 Å². The van der Waals surface area contributed by atoms with E-state index < -0.39 is 0 Å². The van der Waals surface area contributed by atoms with Gasteiger partial charge in [-0.2, -0.15) is 11.8 Å². The zero-order valence-corrected chi connectivity index (χ0v) is 13.9. The molecule has 1 saturated carbocycles. The van der Waals surface area contributed by atoms with Crippen LogP contribution in [0.25, 0.3) is 0 Å². The molecule has 1 aromatic rings. The van der Waals surface area contributed by atoms with Crippen LogP contribution in [0.3, 0.4) is 0 Å². The number of rotatable bonds is 7. The van der Waals surface area contributed by atoms with E-state index in [4.69, 9.17) is 16.3 Å². The number of halogens is 1. The summed E-state index contributed by atoms with van der Waals surface area (Å²) in [4.78, 5) is 0. The Kier molecular flexibility index (Phi) is 6.53. The van der Waals surface area contributed by atoms with Crippen molar-refractivity contribution in [2.75, 3.05) is 19.4 Å². The van der Waals surface area contributed by atoms with Gasteiger partial charge in [-0.15, -0.1) is 0 Å². The zero-order valence-electron chi connectivity index (χ0n) is 12.3. The van der Waals surface area contributed by atoms with Crippen molar-refractivity contribution >= 4 is 23.4 Å². The Balaban J connectivity index is 2.07. The first kappa shape index (κ1) is 16.0. The summed E-state index contributed by atoms with van der Waals surface area (Å²) in [6.07, 6.45) is 5.53. The molecule has 0 aromatic heterocycles.